The molecule has 1 amide bonds. The number of para-hydroxylation sites is 1. The van der Waals surface area contributed by atoms with Crippen LogP contribution in [0.15, 0.2) is 24.3 Å². The Morgan fingerprint density at radius 2 is 2.19 bits per heavy atom. The van der Waals surface area contributed by atoms with Gasteiger partial charge in [-0.3, -0.25) is 4.79 Å². The number of carbonyl (C=O) groups excluding carboxylic acids is 1. The van der Waals surface area contributed by atoms with Gasteiger partial charge < -0.3 is 10.2 Å². The van der Waals surface area contributed by atoms with Crippen LogP contribution in [-0.4, -0.2) is 35.5 Å². The summed E-state index contributed by atoms with van der Waals surface area (Å²) in [5.41, 5.74) is 0.960. The van der Waals surface area contributed by atoms with E-state index >= 15 is 0 Å². The van der Waals surface area contributed by atoms with Crippen molar-refractivity contribution >= 4 is 22.6 Å². The number of hydrogen-bond acceptors (Lipinski definition) is 4. The van der Waals surface area contributed by atoms with E-state index in [1.165, 1.54) is 0 Å². The van der Waals surface area contributed by atoms with Crippen molar-refractivity contribution in [2.75, 3.05) is 24.5 Å². The summed E-state index contributed by atoms with van der Waals surface area (Å²) >= 11 is 0. The number of nitrogens with one attached hydrogen (secondary N) is 1. The number of rotatable bonds is 3. The number of anilines is 1. The molecule has 1 aromatic carbocycles. The Morgan fingerprint density at radius 1 is 1.38 bits per heavy atom. The number of aryl methyl sites for hydroxylation is 1. The van der Waals surface area contributed by atoms with Crippen molar-refractivity contribution in [2.24, 2.45) is 5.92 Å². The minimum absolute atomic E-state index is 0.0546. The van der Waals surface area contributed by atoms with E-state index in [9.17, 15) is 4.79 Å². The van der Waals surface area contributed by atoms with E-state index in [0.29, 0.717) is 6.54 Å². The summed E-state index contributed by atoms with van der Waals surface area (Å²) in [4.78, 5) is 23.3. The lowest BCUT2D eigenvalue weighted by Crippen LogP contribution is -2.32. The average molecular weight is 284 g/mol. The van der Waals surface area contributed by atoms with Gasteiger partial charge >= 0.3 is 0 Å². The van der Waals surface area contributed by atoms with Crippen LogP contribution in [0.2, 0.25) is 0 Å². The predicted octanol–water partition coefficient (Wildman–Crippen LogP) is 1.90. The Balaban J connectivity index is 1.90. The molecule has 1 aromatic heterocycles. The van der Waals surface area contributed by atoms with Crippen LogP contribution in [0.25, 0.3) is 10.9 Å². The highest BCUT2D eigenvalue weighted by Crippen LogP contribution is 2.28. The van der Waals surface area contributed by atoms with Crippen LogP contribution in [0.1, 0.15) is 19.2 Å². The third-order valence-corrected chi connectivity index (χ3v) is 3.90. The maximum atomic E-state index is 12.0. The van der Waals surface area contributed by atoms with Crippen molar-refractivity contribution in [1.29, 1.82) is 0 Å². The Hall–Kier alpha value is -2.17. The van der Waals surface area contributed by atoms with Gasteiger partial charge in [-0.25, -0.2) is 9.97 Å². The largest absolute Gasteiger partial charge is 0.356 e. The molecule has 1 aliphatic heterocycles. The first-order chi connectivity index (χ1) is 10.2. The number of fused-ring (bicyclic) bond motifs is 1. The molecule has 0 radical (unpaired) electrons. The van der Waals surface area contributed by atoms with Gasteiger partial charge in [0.25, 0.3) is 0 Å². The average Bonchev–Trinajstić information content (AvgIpc) is 2.96. The summed E-state index contributed by atoms with van der Waals surface area (Å²) in [6.07, 6.45) is 0.878. The molecule has 1 N–H and O–H groups in total. The van der Waals surface area contributed by atoms with Crippen LogP contribution in [-0.2, 0) is 4.79 Å². The fraction of sp³-hybridized carbons (Fsp3) is 0.438. The first kappa shape index (κ1) is 13.8. The van der Waals surface area contributed by atoms with Crippen LogP contribution < -0.4 is 10.2 Å². The number of nitrogens with zero attached hydrogens (tertiary/aromatic N) is 3. The summed E-state index contributed by atoms with van der Waals surface area (Å²) in [5.74, 6) is 1.92. The van der Waals surface area contributed by atoms with Gasteiger partial charge in [0.15, 0.2) is 0 Å². The molecule has 2 heterocycles. The minimum atomic E-state index is 0.0546. The van der Waals surface area contributed by atoms with E-state index in [1.54, 1.807) is 0 Å². The van der Waals surface area contributed by atoms with Gasteiger partial charge in [0, 0.05) is 25.0 Å². The predicted molar refractivity (Wildman–Crippen MR) is 83.3 cm³/mol. The molecule has 5 nitrogen and oxygen atoms in total. The Morgan fingerprint density at radius 3 is 3.00 bits per heavy atom. The SMILES string of the molecule is CCNC(=O)C1CCN(c2nc(C)nc3ccccc23)C1. The molecule has 1 atom stereocenters. The lowest BCUT2D eigenvalue weighted by Gasteiger charge is -2.19. The third kappa shape index (κ3) is 2.68. The zero-order valence-electron chi connectivity index (χ0n) is 12.5. The quantitative estimate of drug-likeness (QED) is 0.935. The Kier molecular flexibility index (Phi) is 3.73. The van der Waals surface area contributed by atoms with E-state index in [2.05, 4.69) is 20.2 Å². The second kappa shape index (κ2) is 5.68. The fourth-order valence-electron chi connectivity index (χ4n) is 2.90. The number of aromatic nitrogens is 2. The van der Waals surface area contributed by atoms with Crippen molar-refractivity contribution in [3.05, 3.63) is 30.1 Å². The van der Waals surface area contributed by atoms with Crippen molar-refractivity contribution in [1.82, 2.24) is 15.3 Å². The van der Waals surface area contributed by atoms with E-state index in [0.717, 1.165) is 42.1 Å². The Labute approximate surface area is 124 Å². The normalized spacial score (nSPS) is 18.2. The minimum Gasteiger partial charge on any atom is -0.356 e. The topological polar surface area (TPSA) is 58.1 Å². The maximum absolute atomic E-state index is 12.0. The van der Waals surface area contributed by atoms with E-state index < -0.39 is 0 Å². The lowest BCUT2D eigenvalue weighted by atomic mass is 10.1. The second-order valence-electron chi connectivity index (χ2n) is 5.44. The molecule has 0 spiro atoms. The van der Waals surface area contributed by atoms with Crippen LogP contribution in [0.3, 0.4) is 0 Å². The number of hydrogen-bond donors (Lipinski definition) is 1. The molecule has 110 valence electrons. The molecular formula is C16H20N4O. The van der Waals surface area contributed by atoms with E-state index in [-0.39, 0.29) is 11.8 Å². The van der Waals surface area contributed by atoms with Crippen molar-refractivity contribution in [3.63, 3.8) is 0 Å². The smallest absolute Gasteiger partial charge is 0.224 e. The summed E-state index contributed by atoms with van der Waals surface area (Å²) in [6, 6.07) is 8.04. The van der Waals surface area contributed by atoms with Crippen molar-refractivity contribution in [2.45, 2.75) is 20.3 Å². The third-order valence-electron chi connectivity index (χ3n) is 3.90. The van der Waals surface area contributed by atoms with Gasteiger partial charge in [-0.1, -0.05) is 12.1 Å². The van der Waals surface area contributed by atoms with Gasteiger partial charge in [0.1, 0.15) is 11.6 Å². The standard InChI is InChI=1S/C16H20N4O/c1-3-17-16(21)12-8-9-20(10-12)15-13-6-4-5-7-14(13)18-11(2)19-15/h4-7,12H,3,8-10H2,1-2H3,(H,17,21). The second-order valence-corrected chi connectivity index (χ2v) is 5.44. The van der Waals surface area contributed by atoms with Crippen molar-refractivity contribution in [3.8, 4) is 0 Å². The van der Waals surface area contributed by atoms with Gasteiger partial charge in [0.2, 0.25) is 5.91 Å². The molecule has 0 aliphatic carbocycles. The molecule has 3 rings (SSSR count). The zero-order valence-corrected chi connectivity index (χ0v) is 12.5. The summed E-state index contributed by atoms with van der Waals surface area (Å²) in [5, 5.41) is 3.96. The molecule has 2 aromatic rings. The van der Waals surface area contributed by atoms with E-state index in [4.69, 9.17) is 0 Å². The lowest BCUT2D eigenvalue weighted by molar-refractivity contribution is -0.124. The van der Waals surface area contributed by atoms with Crippen LogP contribution >= 0.6 is 0 Å². The number of amides is 1. The highest BCUT2D eigenvalue weighted by atomic mass is 16.1. The maximum Gasteiger partial charge on any atom is 0.224 e. The number of benzene rings is 1. The molecule has 0 saturated carbocycles. The van der Waals surface area contributed by atoms with Crippen LogP contribution in [0, 0.1) is 12.8 Å². The molecule has 21 heavy (non-hydrogen) atoms. The molecule has 1 unspecified atom stereocenters. The fourth-order valence-corrected chi connectivity index (χ4v) is 2.90. The summed E-state index contributed by atoms with van der Waals surface area (Å²) < 4.78 is 0. The highest BCUT2D eigenvalue weighted by molar-refractivity contribution is 5.90. The molecular weight excluding hydrogens is 264 g/mol. The molecule has 0 bridgehead atoms. The van der Waals surface area contributed by atoms with E-state index in [1.807, 2.05) is 38.1 Å². The first-order valence-electron chi connectivity index (χ1n) is 7.45. The molecule has 5 heteroatoms. The first-order valence-corrected chi connectivity index (χ1v) is 7.45. The molecule has 1 saturated heterocycles. The summed E-state index contributed by atoms with van der Waals surface area (Å²) in [6.45, 7) is 6.14. The highest BCUT2D eigenvalue weighted by Gasteiger charge is 2.29. The van der Waals surface area contributed by atoms with Gasteiger partial charge in [-0.15, -0.1) is 0 Å². The van der Waals surface area contributed by atoms with Gasteiger partial charge in [0.05, 0.1) is 11.4 Å². The number of carbonyl (C=O) groups is 1. The van der Waals surface area contributed by atoms with Gasteiger partial charge in [-0.05, 0) is 32.4 Å². The molecule has 1 fully saturated rings. The van der Waals surface area contributed by atoms with Crippen molar-refractivity contribution < 1.29 is 4.79 Å². The Bertz CT molecular complexity index is 670. The zero-order chi connectivity index (χ0) is 14.8. The summed E-state index contributed by atoms with van der Waals surface area (Å²) in [7, 11) is 0. The van der Waals surface area contributed by atoms with Crippen LogP contribution in [0.5, 0.6) is 0 Å². The van der Waals surface area contributed by atoms with Gasteiger partial charge in [-0.2, -0.15) is 0 Å². The molecule has 1 aliphatic rings. The monoisotopic (exact) mass is 284 g/mol. The van der Waals surface area contributed by atoms with Crippen LogP contribution in [0.4, 0.5) is 5.82 Å².